The Morgan fingerprint density at radius 1 is 1.09 bits per heavy atom. The van der Waals surface area contributed by atoms with Crippen LogP contribution in [0.25, 0.3) is 0 Å². The topological polar surface area (TPSA) is 80.9 Å². The molecule has 0 aliphatic heterocycles. The van der Waals surface area contributed by atoms with Crippen molar-refractivity contribution in [3.05, 3.63) is 87.3 Å². The summed E-state index contributed by atoms with van der Waals surface area (Å²) in [6.45, 7) is 3.87. The van der Waals surface area contributed by atoms with Crippen molar-refractivity contribution in [2.75, 3.05) is 0 Å². The number of hydrogen-bond acceptors (Lipinski definition) is 5. The van der Waals surface area contributed by atoms with Gasteiger partial charge in [-0.05, 0) is 68.1 Å². The second kappa shape index (κ2) is 9.40. The third kappa shape index (κ3) is 4.60. The van der Waals surface area contributed by atoms with Crippen molar-refractivity contribution < 1.29 is 18.7 Å². The van der Waals surface area contributed by atoms with Crippen LogP contribution in [0.15, 0.2) is 58.0 Å². The maximum absolute atomic E-state index is 12.8. The Balaban J connectivity index is 1.54. The van der Waals surface area contributed by atoms with Crippen LogP contribution in [0.4, 0.5) is 0 Å². The fourth-order valence-corrected chi connectivity index (χ4v) is 3.83. The fraction of sp³-hybridized carbons (Fsp3) is 0.240. The van der Waals surface area contributed by atoms with E-state index in [-0.39, 0.29) is 11.7 Å². The van der Waals surface area contributed by atoms with E-state index in [4.69, 9.17) is 20.8 Å². The van der Waals surface area contributed by atoms with Gasteiger partial charge in [0.2, 0.25) is 5.76 Å². The molecule has 164 valence electrons. The zero-order valence-electron chi connectivity index (χ0n) is 17.9. The molecule has 0 bridgehead atoms. The number of aryl methyl sites for hydroxylation is 2. The van der Waals surface area contributed by atoms with Crippen LogP contribution in [-0.4, -0.2) is 17.6 Å². The van der Waals surface area contributed by atoms with E-state index in [1.165, 1.54) is 0 Å². The monoisotopic (exact) mass is 450 g/mol. The van der Waals surface area contributed by atoms with E-state index in [0.29, 0.717) is 46.2 Å². The van der Waals surface area contributed by atoms with E-state index in [1.807, 2.05) is 12.1 Å². The summed E-state index contributed by atoms with van der Waals surface area (Å²) in [6, 6.07) is 14.0. The fourth-order valence-electron chi connectivity index (χ4n) is 3.71. The van der Waals surface area contributed by atoms with Gasteiger partial charge >= 0.3 is 5.97 Å². The molecule has 4 rings (SSSR count). The van der Waals surface area contributed by atoms with Crippen LogP contribution >= 0.6 is 11.6 Å². The lowest BCUT2D eigenvalue weighted by atomic mass is 9.93. The number of carbonyl (C=O) groups excluding carboxylic acids is 2. The summed E-state index contributed by atoms with van der Waals surface area (Å²) in [5, 5.41) is 4.89. The molecule has 1 aromatic heterocycles. The van der Waals surface area contributed by atoms with Gasteiger partial charge in [0.1, 0.15) is 11.5 Å². The summed E-state index contributed by atoms with van der Waals surface area (Å²) in [4.78, 5) is 25.2. The molecule has 1 aliphatic carbocycles. The van der Waals surface area contributed by atoms with Gasteiger partial charge in [0.25, 0.3) is 5.91 Å². The van der Waals surface area contributed by atoms with Gasteiger partial charge in [0, 0.05) is 28.1 Å². The second-order valence-electron chi connectivity index (χ2n) is 7.60. The van der Waals surface area contributed by atoms with E-state index in [0.717, 1.165) is 24.0 Å². The predicted octanol–water partition coefficient (Wildman–Crippen LogP) is 5.49. The molecule has 1 aliphatic rings. The van der Waals surface area contributed by atoms with Crippen molar-refractivity contribution in [1.29, 1.82) is 0 Å². The van der Waals surface area contributed by atoms with Crippen LogP contribution in [0.3, 0.4) is 0 Å². The Morgan fingerprint density at radius 2 is 1.81 bits per heavy atom. The van der Waals surface area contributed by atoms with Crippen LogP contribution in [0.2, 0.25) is 5.02 Å². The third-order valence-corrected chi connectivity index (χ3v) is 5.70. The molecule has 32 heavy (non-hydrogen) atoms. The molecule has 7 heteroatoms. The van der Waals surface area contributed by atoms with Gasteiger partial charge in [-0.1, -0.05) is 30.7 Å². The number of esters is 1. The Labute approximate surface area is 191 Å². The summed E-state index contributed by atoms with van der Waals surface area (Å²) in [7, 11) is 0. The van der Waals surface area contributed by atoms with E-state index in [2.05, 4.69) is 17.5 Å². The summed E-state index contributed by atoms with van der Waals surface area (Å²) in [5.41, 5.74) is 6.32. The minimum atomic E-state index is -0.550. The number of nitrogens with zero attached hydrogens (tertiary/aromatic N) is 1. The van der Waals surface area contributed by atoms with Crippen molar-refractivity contribution >= 4 is 29.2 Å². The second-order valence-corrected chi connectivity index (χ2v) is 8.04. The normalized spacial score (nSPS) is 14.2. The van der Waals surface area contributed by atoms with Gasteiger partial charge in [0.15, 0.2) is 0 Å². The number of furan rings is 1. The van der Waals surface area contributed by atoms with Crippen molar-refractivity contribution in [2.45, 2.75) is 39.5 Å². The van der Waals surface area contributed by atoms with Gasteiger partial charge in [-0.3, -0.25) is 4.79 Å². The van der Waals surface area contributed by atoms with Crippen LogP contribution in [-0.2, 0) is 12.8 Å². The first-order chi connectivity index (χ1) is 15.5. The average molecular weight is 451 g/mol. The van der Waals surface area contributed by atoms with Crippen molar-refractivity contribution in [3.8, 4) is 5.75 Å². The molecule has 6 nitrogen and oxygen atoms in total. The molecule has 0 saturated carbocycles. The number of carbonyl (C=O) groups is 2. The van der Waals surface area contributed by atoms with Gasteiger partial charge in [-0.15, -0.1) is 0 Å². The molecule has 0 saturated heterocycles. The highest BCUT2D eigenvalue weighted by molar-refractivity contribution is 6.30. The Hall–Kier alpha value is -3.38. The number of halogens is 1. The van der Waals surface area contributed by atoms with Gasteiger partial charge in [-0.25, -0.2) is 10.2 Å². The first-order valence-electron chi connectivity index (χ1n) is 10.5. The minimum absolute atomic E-state index is 0.160. The summed E-state index contributed by atoms with van der Waals surface area (Å²) in [5.74, 6) is 0.420. The zero-order chi connectivity index (χ0) is 22.7. The third-order valence-electron chi connectivity index (χ3n) is 5.45. The number of fused-ring (bicyclic) bond motifs is 1. The average Bonchev–Trinajstić information content (AvgIpc) is 3.15. The minimum Gasteiger partial charge on any atom is -0.453 e. The Kier molecular flexibility index (Phi) is 6.42. The van der Waals surface area contributed by atoms with Gasteiger partial charge < -0.3 is 9.15 Å². The molecule has 0 unspecified atom stereocenters. The molecular weight excluding hydrogens is 428 g/mol. The highest BCUT2D eigenvalue weighted by Crippen LogP contribution is 2.30. The summed E-state index contributed by atoms with van der Waals surface area (Å²) < 4.78 is 11.4. The molecule has 0 fully saturated rings. The lowest BCUT2D eigenvalue weighted by Crippen LogP contribution is -2.22. The molecule has 3 aromatic rings. The highest BCUT2D eigenvalue weighted by atomic mass is 35.5. The highest BCUT2D eigenvalue weighted by Gasteiger charge is 2.29. The number of rotatable bonds is 5. The standard InChI is InChI=1S/C25H23ClN2O4/c1-3-16-7-13-19(14-8-16)31-25(30)23-15(2)22-20(5-4-6-21(22)32-23)27-28-24(29)17-9-11-18(26)12-10-17/h7-14H,3-6H2,1-2H3,(H,28,29)/b27-20+. The first kappa shape index (κ1) is 21.8. The van der Waals surface area contributed by atoms with Crippen LogP contribution in [0.5, 0.6) is 5.75 Å². The smallest absolute Gasteiger partial charge is 0.379 e. The molecule has 2 aromatic carbocycles. The number of hydrazone groups is 1. The molecule has 0 spiro atoms. The van der Waals surface area contributed by atoms with Crippen molar-refractivity contribution in [1.82, 2.24) is 5.43 Å². The maximum atomic E-state index is 12.8. The van der Waals surface area contributed by atoms with E-state index in [9.17, 15) is 9.59 Å². The first-order valence-corrected chi connectivity index (χ1v) is 10.9. The maximum Gasteiger partial charge on any atom is 0.379 e. The molecule has 0 radical (unpaired) electrons. The van der Waals surface area contributed by atoms with Gasteiger partial charge in [-0.2, -0.15) is 5.10 Å². The number of nitrogens with one attached hydrogen (secondary N) is 1. The Bertz CT molecular complexity index is 1180. The van der Waals surface area contributed by atoms with Crippen LogP contribution in [0.1, 0.15) is 63.1 Å². The largest absolute Gasteiger partial charge is 0.453 e. The SMILES string of the molecule is CCc1ccc(OC(=O)c2oc3c(c2C)/C(=N/NC(=O)c2ccc(Cl)cc2)CCC3)cc1. The van der Waals surface area contributed by atoms with E-state index < -0.39 is 5.97 Å². The quantitative estimate of drug-likeness (QED) is 0.316. The van der Waals surface area contributed by atoms with E-state index in [1.54, 1.807) is 43.3 Å². The van der Waals surface area contributed by atoms with Crippen LogP contribution < -0.4 is 10.2 Å². The molecule has 1 N–H and O–H groups in total. The van der Waals surface area contributed by atoms with Crippen molar-refractivity contribution in [3.63, 3.8) is 0 Å². The number of benzene rings is 2. The number of amides is 1. The molecule has 0 atom stereocenters. The summed E-state index contributed by atoms with van der Waals surface area (Å²) >= 11 is 5.87. The predicted molar refractivity (Wildman–Crippen MR) is 123 cm³/mol. The number of hydrogen-bond donors (Lipinski definition) is 1. The number of ether oxygens (including phenoxy) is 1. The summed E-state index contributed by atoms with van der Waals surface area (Å²) in [6.07, 6.45) is 3.08. The van der Waals surface area contributed by atoms with E-state index >= 15 is 0 Å². The molecule has 1 amide bonds. The molecule has 1 heterocycles. The lowest BCUT2D eigenvalue weighted by molar-refractivity contribution is 0.0698. The lowest BCUT2D eigenvalue weighted by Gasteiger charge is -2.13. The van der Waals surface area contributed by atoms with Gasteiger partial charge in [0.05, 0.1) is 5.71 Å². The Morgan fingerprint density at radius 3 is 2.50 bits per heavy atom. The molecular formula is C25H23ClN2O4. The van der Waals surface area contributed by atoms with Crippen LogP contribution in [0, 0.1) is 6.92 Å². The van der Waals surface area contributed by atoms with Crippen molar-refractivity contribution in [2.24, 2.45) is 5.10 Å². The zero-order valence-corrected chi connectivity index (χ0v) is 18.7.